The van der Waals surface area contributed by atoms with Crippen molar-refractivity contribution in [3.05, 3.63) is 52.6 Å². The van der Waals surface area contributed by atoms with Crippen LogP contribution in [0.3, 0.4) is 0 Å². The predicted octanol–water partition coefficient (Wildman–Crippen LogP) is 6.03. The molecule has 0 aromatic heterocycles. The number of carbonyl (C=O) groups excluding carboxylic acids is 1. The van der Waals surface area contributed by atoms with Gasteiger partial charge in [-0.25, -0.2) is 4.79 Å². The molecule has 160 valence electrons. The monoisotopic (exact) mass is 430 g/mol. The summed E-state index contributed by atoms with van der Waals surface area (Å²) in [5.41, 5.74) is 1.74. The molecule has 0 N–H and O–H groups in total. The minimum absolute atomic E-state index is 0.374. The molecule has 6 heteroatoms. The van der Waals surface area contributed by atoms with Gasteiger partial charge in [0, 0.05) is 11.1 Å². The molecule has 30 heavy (non-hydrogen) atoms. The van der Waals surface area contributed by atoms with Crippen molar-refractivity contribution in [2.45, 2.75) is 38.0 Å². The van der Waals surface area contributed by atoms with Gasteiger partial charge in [0.15, 0.2) is 11.5 Å². The molecule has 1 aliphatic carbocycles. The minimum atomic E-state index is -0.455. The summed E-state index contributed by atoms with van der Waals surface area (Å²) in [6, 6.07) is 8.97. The van der Waals surface area contributed by atoms with Gasteiger partial charge in [0.2, 0.25) is 5.75 Å². The molecular formula is C24H27ClO5. The Hall–Kier alpha value is -2.66. The van der Waals surface area contributed by atoms with E-state index < -0.39 is 5.97 Å². The third-order valence-corrected chi connectivity index (χ3v) is 5.56. The number of ether oxygens (including phenoxy) is 4. The van der Waals surface area contributed by atoms with Crippen molar-refractivity contribution in [3.63, 3.8) is 0 Å². The van der Waals surface area contributed by atoms with Crippen LogP contribution in [-0.2, 0) is 4.79 Å². The summed E-state index contributed by atoms with van der Waals surface area (Å²) in [6.45, 7) is 0. The Bertz CT molecular complexity index is 891. The van der Waals surface area contributed by atoms with Crippen LogP contribution in [0.25, 0.3) is 6.08 Å². The average Bonchev–Trinajstić information content (AvgIpc) is 2.78. The molecule has 5 nitrogen and oxygen atoms in total. The number of methoxy groups -OCH3 is 3. The highest BCUT2D eigenvalue weighted by Crippen LogP contribution is 2.40. The maximum Gasteiger partial charge on any atom is 0.336 e. The summed E-state index contributed by atoms with van der Waals surface area (Å²) >= 11 is 6.21. The molecule has 0 atom stereocenters. The maximum absolute atomic E-state index is 12.5. The van der Waals surface area contributed by atoms with Crippen molar-refractivity contribution in [1.82, 2.24) is 0 Å². The van der Waals surface area contributed by atoms with E-state index in [9.17, 15) is 4.79 Å². The fraction of sp³-hybridized carbons (Fsp3) is 0.375. The largest absolute Gasteiger partial charge is 0.493 e. The molecule has 1 aliphatic rings. The second kappa shape index (κ2) is 10.4. The van der Waals surface area contributed by atoms with Crippen LogP contribution >= 0.6 is 11.6 Å². The summed E-state index contributed by atoms with van der Waals surface area (Å²) in [6.07, 6.45) is 8.85. The van der Waals surface area contributed by atoms with Gasteiger partial charge in [0.1, 0.15) is 5.75 Å². The van der Waals surface area contributed by atoms with Crippen LogP contribution in [0.1, 0.15) is 49.1 Å². The molecular weight excluding hydrogens is 404 g/mol. The first-order valence-electron chi connectivity index (χ1n) is 10.0. The quantitative estimate of drug-likeness (QED) is 0.305. The Kier molecular flexibility index (Phi) is 7.63. The van der Waals surface area contributed by atoms with Crippen LogP contribution in [0.4, 0.5) is 0 Å². The molecule has 1 fully saturated rings. The van der Waals surface area contributed by atoms with Crippen LogP contribution in [0.5, 0.6) is 23.0 Å². The van der Waals surface area contributed by atoms with Crippen molar-refractivity contribution in [2.75, 3.05) is 21.3 Å². The highest BCUT2D eigenvalue weighted by molar-refractivity contribution is 6.30. The molecule has 0 saturated heterocycles. The minimum Gasteiger partial charge on any atom is -0.493 e. The van der Waals surface area contributed by atoms with Crippen LogP contribution in [0, 0.1) is 0 Å². The van der Waals surface area contributed by atoms with Crippen molar-refractivity contribution in [2.24, 2.45) is 0 Å². The predicted molar refractivity (Wildman–Crippen MR) is 118 cm³/mol. The number of esters is 1. The molecule has 3 rings (SSSR count). The third-order valence-electron chi connectivity index (χ3n) is 5.33. The zero-order valence-corrected chi connectivity index (χ0v) is 18.3. The standard InChI is InChI=1S/C24H27ClO5/c1-27-21-13-16(14-22(28-2)24(21)29-3)9-12-23(26)30-20-11-10-18(25)15-19(20)17-7-5-4-6-8-17/h9-15,17H,4-8H2,1-3H3. The zero-order chi connectivity index (χ0) is 21.5. The van der Waals surface area contributed by atoms with Gasteiger partial charge >= 0.3 is 5.97 Å². The number of benzene rings is 2. The van der Waals surface area contributed by atoms with E-state index >= 15 is 0 Å². The van der Waals surface area contributed by atoms with Crippen molar-refractivity contribution in [3.8, 4) is 23.0 Å². The van der Waals surface area contributed by atoms with Gasteiger partial charge in [0.05, 0.1) is 21.3 Å². The van der Waals surface area contributed by atoms with Crippen LogP contribution < -0.4 is 18.9 Å². The van der Waals surface area contributed by atoms with Crippen molar-refractivity contribution in [1.29, 1.82) is 0 Å². The molecule has 0 bridgehead atoms. The SMILES string of the molecule is COc1cc(C=CC(=O)Oc2ccc(Cl)cc2C2CCCCC2)cc(OC)c1OC. The second-order valence-electron chi connectivity index (χ2n) is 7.23. The fourth-order valence-corrected chi connectivity index (χ4v) is 4.03. The number of halogens is 1. The lowest BCUT2D eigenvalue weighted by Crippen LogP contribution is -2.10. The number of carbonyl (C=O) groups is 1. The normalized spacial score (nSPS) is 14.5. The third kappa shape index (κ3) is 5.28. The van der Waals surface area contributed by atoms with E-state index in [-0.39, 0.29) is 0 Å². The molecule has 0 amide bonds. The lowest BCUT2D eigenvalue weighted by molar-refractivity contribution is -0.128. The van der Waals surface area contributed by atoms with Gasteiger partial charge in [-0.05, 0) is 66.3 Å². The summed E-state index contributed by atoms with van der Waals surface area (Å²) in [5.74, 6) is 2.02. The number of hydrogen-bond donors (Lipinski definition) is 0. The molecule has 0 radical (unpaired) electrons. The van der Waals surface area contributed by atoms with Gasteiger partial charge in [-0.15, -0.1) is 0 Å². The van der Waals surface area contributed by atoms with Crippen molar-refractivity contribution < 1.29 is 23.7 Å². The van der Waals surface area contributed by atoms with E-state index in [4.69, 9.17) is 30.5 Å². The molecule has 0 spiro atoms. The lowest BCUT2D eigenvalue weighted by atomic mass is 9.84. The van der Waals surface area contributed by atoms with Crippen LogP contribution in [-0.4, -0.2) is 27.3 Å². The molecule has 0 aliphatic heterocycles. The summed E-state index contributed by atoms with van der Waals surface area (Å²) in [4.78, 5) is 12.5. The Morgan fingerprint density at radius 3 is 2.20 bits per heavy atom. The van der Waals surface area contributed by atoms with Gasteiger partial charge in [-0.3, -0.25) is 0 Å². The Morgan fingerprint density at radius 1 is 0.933 bits per heavy atom. The average molecular weight is 431 g/mol. The first kappa shape index (κ1) is 22.0. The summed E-state index contributed by atoms with van der Waals surface area (Å²) < 4.78 is 21.7. The summed E-state index contributed by atoms with van der Waals surface area (Å²) in [7, 11) is 4.64. The molecule has 2 aromatic rings. The highest BCUT2D eigenvalue weighted by atomic mass is 35.5. The van der Waals surface area contributed by atoms with Crippen LogP contribution in [0.2, 0.25) is 5.02 Å². The van der Waals surface area contributed by atoms with E-state index in [2.05, 4.69) is 0 Å². The van der Waals surface area contributed by atoms with Gasteiger partial charge in [0.25, 0.3) is 0 Å². The van der Waals surface area contributed by atoms with Crippen molar-refractivity contribution >= 4 is 23.6 Å². The topological polar surface area (TPSA) is 54.0 Å². The molecule has 1 saturated carbocycles. The van der Waals surface area contributed by atoms with Gasteiger partial charge < -0.3 is 18.9 Å². The molecule has 2 aromatic carbocycles. The highest BCUT2D eigenvalue weighted by Gasteiger charge is 2.21. The van der Waals surface area contributed by atoms with E-state index in [1.165, 1.54) is 25.3 Å². The van der Waals surface area contributed by atoms with E-state index in [0.29, 0.717) is 33.9 Å². The van der Waals surface area contributed by atoms with Crippen LogP contribution in [0.15, 0.2) is 36.4 Å². The Morgan fingerprint density at radius 2 is 1.60 bits per heavy atom. The summed E-state index contributed by atoms with van der Waals surface area (Å²) in [5, 5.41) is 0.656. The number of rotatable bonds is 7. The van der Waals surface area contributed by atoms with E-state index in [1.807, 2.05) is 6.07 Å². The fourth-order valence-electron chi connectivity index (χ4n) is 3.85. The van der Waals surface area contributed by atoms with Gasteiger partial charge in [-0.2, -0.15) is 0 Å². The van der Waals surface area contributed by atoms with E-state index in [0.717, 1.165) is 24.0 Å². The lowest BCUT2D eigenvalue weighted by Gasteiger charge is -2.23. The number of hydrogen-bond acceptors (Lipinski definition) is 5. The molecule has 0 heterocycles. The van der Waals surface area contributed by atoms with E-state index in [1.54, 1.807) is 51.7 Å². The smallest absolute Gasteiger partial charge is 0.336 e. The zero-order valence-electron chi connectivity index (χ0n) is 17.6. The second-order valence-corrected chi connectivity index (χ2v) is 7.67. The first-order chi connectivity index (χ1) is 14.5. The molecule has 0 unspecified atom stereocenters. The first-order valence-corrected chi connectivity index (χ1v) is 10.4. The Labute approximate surface area is 182 Å². The maximum atomic E-state index is 12.5. The van der Waals surface area contributed by atoms with Gasteiger partial charge in [-0.1, -0.05) is 30.9 Å². The Balaban J connectivity index is 1.78.